The monoisotopic (exact) mass is 365 g/mol. The van der Waals surface area contributed by atoms with E-state index in [0.717, 1.165) is 44.4 Å². The standard InChI is InChI=1S/C20H23N5O2/c26-19(21-8-11-23-12-14-27-15-13-23)18-16-22-25(17-6-2-1-3-7-17)20(18)24-9-4-5-10-24/h1-7,9-10,16H,8,11-15H2,(H,21,26). The van der Waals surface area contributed by atoms with Crippen molar-refractivity contribution in [3.05, 3.63) is 66.6 Å². The zero-order chi connectivity index (χ0) is 18.5. The number of nitrogens with zero attached hydrogens (tertiary/aromatic N) is 4. The molecule has 0 saturated carbocycles. The van der Waals surface area contributed by atoms with Crippen molar-refractivity contribution in [2.24, 2.45) is 0 Å². The number of aromatic nitrogens is 3. The number of carbonyl (C=O) groups excluding carboxylic acids is 1. The third kappa shape index (κ3) is 3.94. The minimum atomic E-state index is -0.117. The van der Waals surface area contributed by atoms with Crippen LogP contribution < -0.4 is 5.32 Å². The highest BCUT2D eigenvalue weighted by Crippen LogP contribution is 2.19. The number of morpholine rings is 1. The highest BCUT2D eigenvalue weighted by Gasteiger charge is 2.20. The molecule has 2 aromatic heterocycles. The van der Waals surface area contributed by atoms with Gasteiger partial charge in [0.1, 0.15) is 5.56 Å². The van der Waals surface area contributed by atoms with Gasteiger partial charge in [-0.2, -0.15) is 5.10 Å². The fourth-order valence-corrected chi connectivity index (χ4v) is 3.23. The summed E-state index contributed by atoms with van der Waals surface area (Å²) in [4.78, 5) is 15.1. The lowest BCUT2D eigenvalue weighted by atomic mass is 10.2. The molecule has 1 aliphatic rings. The van der Waals surface area contributed by atoms with Crippen LogP contribution in [0.5, 0.6) is 0 Å². The molecular weight excluding hydrogens is 342 g/mol. The lowest BCUT2D eigenvalue weighted by molar-refractivity contribution is 0.0383. The SMILES string of the molecule is O=C(NCCN1CCOCC1)c1cnn(-c2ccccc2)c1-n1cccc1. The van der Waals surface area contributed by atoms with E-state index in [0.29, 0.717) is 12.1 Å². The van der Waals surface area contributed by atoms with Gasteiger partial charge in [0.15, 0.2) is 5.82 Å². The van der Waals surface area contributed by atoms with Crippen molar-refractivity contribution in [2.45, 2.75) is 0 Å². The molecule has 0 radical (unpaired) electrons. The first-order valence-electron chi connectivity index (χ1n) is 9.18. The maximum atomic E-state index is 12.8. The molecule has 7 nitrogen and oxygen atoms in total. The quantitative estimate of drug-likeness (QED) is 0.723. The number of para-hydroxylation sites is 1. The molecule has 0 atom stereocenters. The average molecular weight is 365 g/mol. The highest BCUT2D eigenvalue weighted by atomic mass is 16.5. The summed E-state index contributed by atoms with van der Waals surface area (Å²) in [5.74, 6) is 0.615. The molecule has 3 aromatic rings. The van der Waals surface area contributed by atoms with Crippen LogP contribution in [0, 0.1) is 0 Å². The number of amides is 1. The van der Waals surface area contributed by atoms with Crippen molar-refractivity contribution < 1.29 is 9.53 Å². The molecule has 1 amide bonds. The van der Waals surface area contributed by atoms with E-state index in [1.807, 2.05) is 59.4 Å². The second kappa shape index (κ2) is 8.20. The molecule has 4 rings (SSSR count). The zero-order valence-corrected chi connectivity index (χ0v) is 15.1. The molecule has 7 heteroatoms. The van der Waals surface area contributed by atoms with Crippen LogP contribution in [0.1, 0.15) is 10.4 Å². The minimum Gasteiger partial charge on any atom is -0.379 e. The number of hydrogen-bond donors (Lipinski definition) is 1. The maximum Gasteiger partial charge on any atom is 0.256 e. The van der Waals surface area contributed by atoms with Crippen LogP contribution in [0.2, 0.25) is 0 Å². The fraction of sp³-hybridized carbons (Fsp3) is 0.300. The Balaban J connectivity index is 1.53. The van der Waals surface area contributed by atoms with Gasteiger partial charge in [-0.1, -0.05) is 18.2 Å². The molecule has 140 valence electrons. The molecule has 0 bridgehead atoms. The molecule has 1 N–H and O–H groups in total. The molecule has 27 heavy (non-hydrogen) atoms. The molecule has 1 fully saturated rings. The Morgan fingerprint density at radius 1 is 1.07 bits per heavy atom. The van der Waals surface area contributed by atoms with Crippen LogP contribution in [0.25, 0.3) is 11.5 Å². The Hall–Kier alpha value is -2.90. The molecule has 1 saturated heterocycles. The van der Waals surface area contributed by atoms with Gasteiger partial charge in [0.2, 0.25) is 0 Å². The Bertz CT molecular complexity index is 867. The van der Waals surface area contributed by atoms with Crippen molar-refractivity contribution in [1.82, 2.24) is 24.6 Å². The van der Waals surface area contributed by atoms with E-state index < -0.39 is 0 Å². The lowest BCUT2D eigenvalue weighted by Crippen LogP contribution is -2.41. The van der Waals surface area contributed by atoms with Gasteiger partial charge in [0.05, 0.1) is 25.1 Å². The second-order valence-corrected chi connectivity index (χ2v) is 6.43. The number of hydrogen-bond acceptors (Lipinski definition) is 4. The summed E-state index contributed by atoms with van der Waals surface area (Å²) >= 11 is 0. The Morgan fingerprint density at radius 3 is 2.56 bits per heavy atom. The summed E-state index contributed by atoms with van der Waals surface area (Å²) in [6, 6.07) is 13.7. The number of carbonyl (C=O) groups is 1. The van der Waals surface area contributed by atoms with Gasteiger partial charge in [0, 0.05) is 38.6 Å². The van der Waals surface area contributed by atoms with Crippen molar-refractivity contribution >= 4 is 5.91 Å². The van der Waals surface area contributed by atoms with E-state index in [-0.39, 0.29) is 5.91 Å². The van der Waals surface area contributed by atoms with Crippen LogP contribution in [-0.2, 0) is 4.74 Å². The van der Waals surface area contributed by atoms with Gasteiger partial charge in [-0.15, -0.1) is 0 Å². The van der Waals surface area contributed by atoms with E-state index in [4.69, 9.17) is 4.74 Å². The topological polar surface area (TPSA) is 64.3 Å². The summed E-state index contributed by atoms with van der Waals surface area (Å²) in [7, 11) is 0. The average Bonchev–Trinajstić information content (AvgIpc) is 3.39. The lowest BCUT2D eigenvalue weighted by Gasteiger charge is -2.26. The second-order valence-electron chi connectivity index (χ2n) is 6.43. The first-order chi connectivity index (χ1) is 13.3. The molecule has 0 unspecified atom stereocenters. The van der Waals surface area contributed by atoms with Gasteiger partial charge in [-0.3, -0.25) is 9.69 Å². The van der Waals surface area contributed by atoms with Crippen molar-refractivity contribution in [3.63, 3.8) is 0 Å². The fourth-order valence-electron chi connectivity index (χ4n) is 3.23. The van der Waals surface area contributed by atoms with Crippen molar-refractivity contribution in [1.29, 1.82) is 0 Å². The summed E-state index contributed by atoms with van der Waals surface area (Å²) in [6.07, 6.45) is 5.47. The van der Waals surface area contributed by atoms with Gasteiger partial charge in [-0.05, 0) is 24.3 Å². The van der Waals surface area contributed by atoms with Gasteiger partial charge in [-0.25, -0.2) is 4.68 Å². The minimum absolute atomic E-state index is 0.117. The van der Waals surface area contributed by atoms with Crippen LogP contribution in [-0.4, -0.2) is 64.5 Å². The third-order valence-corrected chi connectivity index (χ3v) is 4.66. The van der Waals surface area contributed by atoms with E-state index in [9.17, 15) is 4.79 Å². The Morgan fingerprint density at radius 2 is 1.81 bits per heavy atom. The van der Waals surface area contributed by atoms with Crippen molar-refractivity contribution in [3.8, 4) is 11.5 Å². The Kier molecular flexibility index (Phi) is 5.32. The normalized spacial score (nSPS) is 15.0. The molecular formula is C20H23N5O2. The van der Waals surface area contributed by atoms with E-state index in [1.165, 1.54) is 0 Å². The molecule has 3 heterocycles. The van der Waals surface area contributed by atoms with Gasteiger partial charge in [0.25, 0.3) is 5.91 Å². The number of rotatable bonds is 6. The number of nitrogens with one attached hydrogen (secondary N) is 1. The predicted octanol–water partition coefficient (Wildman–Crippen LogP) is 1.73. The first kappa shape index (κ1) is 17.5. The highest BCUT2D eigenvalue weighted by molar-refractivity contribution is 5.97. The predicted molar refractivity (Wildman–Crippen MR) is 102 cm³/mol. The van der Waals surface area contributed by atoms with E-state index in [2.05, 4.69) is 15.3 Å². The molecule has 0 aliphatic carbocycles. The van der Waals surface area contributed by atoms with E-state index >= 15 is 0 Å². The first-order valence-corrected chi connectivity index (χ1v) is 9.18. The zero-order valence-electron chi connectivity index (χ0n) is 15.1. The van der Waals surface area contributed by atoms with E-state index in [1.54, 1.807) is 10.9 Å². The molecule has 0 spiro atoms. The smallest absolute Gasteiger partial charge is 0.256 e. The summed E-state index contributed by atoms with van der Waals surface area (Å²) in [6.45, 7) is 4.76. The van der Waals surface area contributed by atoms with Gasteiger partial charge < -0.3 is 14.6 Å². The largest absolute Gasteiger partial charge is 0.379 e. The molecule has 1 aromatic carbocycles. The number of ether oxygens (including phenoxy) is 1. The summed E-state index contributed by atoms with van der Waals surface area (Å²) in [5.41, 5.74) is 1.46. The van der Waals surface area contributed by atoms with Crippen LogP contribution in [0.3, 0.4) is 0 Å². The van der Waals surface area contributed by atoms with Crippen LogP contribution >= 0.6 is 0 Å². The van der Waals surface area contributed by atoms with Crippen molar-refractivity contribution in [2.75, 3.05) is 39.4 Å². The summed E-state index contributed by atoms with van der Waals surface area (Å²) in [5, 5.41) is 7.49. The van der Waals surface area contributed by atoms with Crippen LogP contribution in [0.15, 0.2) is 61.1 Å². The molecule has 1 aliphatic heterocycles. The Labute approximate surface area is 158 Å². The number of benzene rings is 1. The maximum absolute atomic E-state index is 12.8. The van der Waals surface area contributed by atoms with Gasteiger partial charge >= 0.3 is 0 Å². The summed E-state index contributed by atoms with van der Waals surface area (Å²) < 4.78 is 9.06. The van der Waals surface area contributed by atoms with Crippen LogP contribution in [0.4, 0.5) is 0 Å². The third-order valence-electron chi connectivity index (χ3n) is 4.66.